The van der Waals surface area contributed by atoms with Crippen molar-refractivity contribution >= 4 is 28.1 Å². The minimum Gasteiger partial charge on any atom is -0.472 e. The van der Waals surface area contributed by atoms with Gasteiger partial charge in [-0.1, -0.05) is 29.8 Å². The van der Waals surface area contributed by atoms with Gasteiger partial charge in [-0.3, -0.25) is 0 Å². The van der Waals surface area contributed by atoms with Gasteiger partial charge in [0.05, 0.1) is 18.9 Å². The van der Waals surface area contributed by atoms with Gasteiger partial charge < -0.3 is 14.8 Å². The lowest BCUT2D eigenvalue weighted by atomic mass is 10.2. The highest BCUT2D eigenvalue weighted by molar-refractivity contribution is 7.14. The summed E-state index contributed by atoms with van der Waals surface area (Å²) in [6, 6.07) is 11.6. The molecule has 3 aromatic rings. The van der Waals surface area contributed by atoms with Crippen molar-refractivity contribution in [2.24, 2.45) is 0 Å². The molecule has 0 saturated carbocycles. The summed E-state index contributed by atoms with van der Waals surface area (Å²) in [6.07, 6.45) is 2.77. The van der Waals surface area contributed by atoms with E-state index in [9.17, 15) is 0 Å². The lowest BCUT2D eigenvalue weighted by molar-refractivity contribution is 0.138. The van der Waals surface area contributed by atoms with E-state index < -0.39 is 0 Å². The molecule has 7 heteroatoms. The number of nitrogens with zero attached hydrogens (tertiary/aromatic N) is 2. The fourth-order valence-corrected chi connectivity index (χ4v) is 3.67. The molecule has 26 heavy (non-hydrogen) atoms. The standard InChI is InChI=1S/C19H18ClN3O2S/c20-16-4-2-1-3-15(16)17-12-26-19(23-17)22-10-13-5-7-21-18(9-13)25-14-6-8-24-11-14/h1-5,7,9,12,14H,6,8,10-11H2,(H,22,23). The number of aromatic nitrogens is 2. The number of nitrogens with one attached hydrogen (secondary N) is 1. The van der Waals surface area contributed by atoms with E-state index in [1.54, 1.807) is 17.5 Å². The van der Waals surface area contributed by atoms with Gasteiger partial charge in [0, 0.05) is 41.2 Å². The van der Waals surface area contributed by atoms with Gasteiger partial charge in [0.2, 0.25) is 5.88 Å². The Kier molecular flexibility index (Phi) is 5.34. The molecule has 1 aliphatic heterocycles. The van der Waals surface area contributed by atoms with Crippen LogP contribution in [-0.2, 0) is 11.3 Å². The van der Waals surface area contributed by atoms with Crippen LogP contribution in [0.1, 0.15) is 12.0 Å². The molecular formula is C19H18ClN3O2S. The Balaban J connectivity index is 1.39. The monoisotopic (exact) mass is 387 g/mol. The summed E-state index contributed by atoms with van der Waals surface area (Å²) in [6.45, 7) is 2.04. The van der Waals surface area contributed by atoms with Crippen molar-refractivity contribution in [2.75, 3.05) is 18.5 Å². The van der Waals surface area contributed by atoms with Crippen molar-refractivity contribution in [3.63, 3.8) is 0 Å². The van der Waals surface area contributed by atoms with Gasteiger partial charge in [-0.05, 0) is 17.7 Å². The quantitative estimate of drug-likeness (QED) is 0.667. The van der Waals surface area contributed by atoms with Crippen LogP contribution in [-0.4, -0.2) is 29.3 Å². The Bertz CT molecular complexity index is 880. The second-order valence-electron chi connectivity index (χ2n) is 5.98. The van der Waals surface area contributed by atoms with Crippen molar-refractivity contribution < 1.29 is 9.47 Å². The molecule has 0 radical (unpaired) electrons. The molecule has 1 aromatic carbocycles. The fraction of sp³-hybridized carbons (Fsp3) is 0.263. The molecule has 1 N–H and O–H groups in total. The van der Waals surface area contributed by atoms with Crippen LogP contribution in [0.25, 0.3) is 11.3 Å². The van der Waals surface area contributed by atoms with Gasteiger partial charge in [0.25, 0.3) is 0 Å². The van der Waals surface area contributed by atoms with E-state index in [-0.39, 0.29) is 6.10 Å². The van der Waals surface area contributed by atoms with E-state index in [0.717, 1.165) is 35.0 Å². The van der Waals surface area contributed by atoms with Crippen molar-refractivity contribution in [3.05, 3.63) is 58.6 Å². The summed E-state index contributed by atoms with van der Waals surface area (Å²) < 4.78 is 11.2. The second-order valence-corrected chi connectivity index (χ2v) is 7.24. The Morgan fingerprint density at radius 1 is 1.31 bits per heavy atom. The van der Waals surface area contributed by atoms with Crippen LogP contribution in [0, 0.1) is 0 Å². The molecule has 3 heterocycles. The third-order valence-corrected chi connectivity index (χ3v) is 5.20. The molecule has 5 nitrogen and oxygen atoms in total. The first kappa shape index (κ1) is 17.3. The molecule has 0 bridgehead atoms. The van der Waals surface area contributed by atoms with Crippen LogP contribution >= 0.6 is 22.9 Å². The van der Waals surface area contributed by atoms with Gasteiger partial charge in [-0.25, -0.2) is 9.97 Å². The minimum absolute atomic E-state index is 0.0999. The third kappa shape index (κ3) is 4.15. The molecule has 0 amide bonds. The number of pyridine rings is 1. The molecule has 1 saturated heterocycles. The summed E-state index contributed by atoms with van der Waals surface area (Å²) in [5.41, 5.74) is 2.91. The number of rotatable bonds is 6. The highest BCUT2D eigenvalue weighted by atomic mass is 35.5. The van der Waals surface area contributed by atoms with Crippen LogP contribution in [0.2, 0.25) is 5.02 Å². The van der Waals surface area contributed by atoms with Crippen LogP contribution in [0.3, 0.4) is 0 Å². The maximum absolute atomic E-state index is 6.24. The van der Waals surface area contributed by atoms with Crippen molar-refractivity contribution in [1.29, 1.82) is 0 Å². The van der Waals surface area contributed by atoms with E-state index in [2.05, 4.69) is 15.3 Å². The number of ether oxygens (including phenoxy) is 2. The normalized spacial score (nSPS) is 16.6. The maximum Gasteiger partial charge on any atom is 0.213 e. The first-order valence-corrected chi connectivity index (χ1v) is 9.67. The maximum atomic E-state index is 6.24. The summed E-state index contributed by atoms with van der Waals surface area (Å²) in [4.78, 5) is 8.90. The number of anilines is 1. The predicted octanol–water partition coefficient (Wildman–Crippen LogP) is 4.64. The largest absolute Gasteiger partial charge is 0.472 e. The Morgan fingerprint density at radius 2 is 2.23 bits per heavy atom. The molecule has 0 spiro atoms. The number of hydrogen-bond acceptors (Lipinski definition) is 6. The predicted molar refractivity (Wildman–Crippen MR) is 104 cm³/mol. The lowest BCUT2D eigenvalue weighted by Gasteiger charge is -2.11. The zero-order valence-electron chi connectivity index (χ0n) is 14.0. The zero-order valence-corrected chi connectivity index (χ0v) is 15.6. The number of benzene rings is 1. The summed E-state index contributed by atoms with van der Waals surface area (Å²) >= 11 is 7.80. The zero-order chi connectivity index (χ0) is 17.8. The van der Waals surface area contributed by atoms with Crippen LogP contribution in [0.4, 0.5) is 5.13 Å². The highest BCUT2D eigenvalue weighted by Gasteiger charge is 2.17. The van der Waals surface area contributed by atoms with Crippen molar-refractivity contribution in [1.82, 2.24) is 9.97 Å². The molecule has 0 aliphatic carbocycles. The smallest absolute Gasteiger partial charge is 0.213 e. The molecule has 2 aromatic heterocycles. The van der Waals surface area contributed by atoms with Gasteiger partial charge in [0.1, 0.15) is 6.10 Å². The van der Waals surface area contributed by atoms with Gasteiger partial charge in [-0.15, -0.1) is 11.3 Å². The highest BCUT2D eigenvalue weighted by Crippen LogP contribution is 2.30. The van der Waals surface area contributed by atoms with E-state index in [1.807, 2.05) is 41.8 Å². The summed E-state index contributed by atoms with van der Waals surface area (Å²) in [5.74, 6) is 0.635. The second kappa shape index (κ2) is 8.03. The minimum atomic E-state index is 0.0999. The topological polar surface area (TPSA) is 56.3 Å². The SMILES string of the molecule is Clc1ccccc1-c1csc(NCc2ccnc(OC3CCOC3)c2)n1. The van der Waals surface area contributed by atoms with Gasteiger partial charge in [0.15, 0.2) is 5.13 Å². The number of hydrogen-bond donors (Lipinski definition) is 1. The first-order valence-electron chi connectivity index (χ1n) is 8.41. The fourth-order valence-electron chi connectivity index (χ4n) is 2.73. The number of halogens is 1. The number of thiazole rings is 1. The Hall–Kier alpha value is -2.15. The van der Waals surface area contributed by atoms with Crippen LogP contribution < -0.4 is 10.1 Å². The first-order chi connectivity index (χ1) is 12.8. The Morgan fingerprint density at radius 3 is 3.08 bits per heavy atom. The average molecular weight is 388 g/mol. The van der Waals surface area contributed by atoms with Gasteiger partial charge in [-0.2, -0.15) is 0 Å². The van der Waals surface area contributed by atoms with Crippen molar-refractivity contribution in [3.8, 4) is 17.1 Å². The molecular weight excluding hydrogens is 370 g/mol. The van der Waals surface area contributed by atoms with Crippen LogP contribution in [0.15, 0.2) is 48.0 Å². The van der Waals surface area contributed by atoms with E-state index in [4.69, 9.17) is 21.1 Å². The third-order valence-electron chi connectivity index (χ3n) is 4.07. The molecule has 1 aliphatic rings. The van der Waals surface area contributed by atoms with E-state index in [1.165, 1.54) is 0 Å². The molecule has 4 rings (SSSR count). The molecule has 1 atom stereocenters. The van der Waals surface area contributed by atoms with E-state index in [0.29, 0.717) is 24.1 Å². The average Bonchev–Trinajstić information content (AvgIpc) is 3.33. The van der Waals surface area contributed by atoms with Gasteiger partial charge >= 0.3 is 0 Å². The van der Waals surface area contributed by atoms with Crippen molar-refractivity contribution in [2.45, 2.75) is 19.1 Å². The summed E-state index contributed by atoms with van der Waals surface area (Å²) in [5, 5.41) is 6.91. The summed E-state index contributed by atoms with van der Waals surface area (Å²) in [7, 11) is 0. The Labute approximate surface area is 161 Å². The molecule has 1 fully saturated rings. The molecule has 1 unspecified atom stereocenters. The molecule has 134 valence electrons. The lowest BCUT2D eigenvalue weighted by Crippen LogP contribution is -2.16. The van der Waals surface area contributed by atoms with E-state index >= 15 is 0 Å². The van der Waals surface area contributed by atoms with Crippen LogP contribution in [0.5, 0.6) is 5.88 Å².